The number of carbonyl (C=O) groups excluding carboxylic acids is 1. The quantitative estimate of drug-likeness (QED) is 0.686. The van der Waals surface area contributed by atoms with Crippen LogP contribution in [0.3, 0.4) is 0 Å². The zero-order valence-electron chi connectivity index (χ0n) is 10.3. The molecule has 2 aromatic heterocycles. The average Bonchev–Trinajstić information content (AvgIpc) is 2.84. The van der Waals surface area contributed by atoms with E-state index in [0.29, 0.717) is 5.56 Å². The van der Waals surface area contributed by atoms with Crippen LogP contribution in [0.1, 0.15) is 15.9 Å². The maximum atomic E-state index is 11.1. The molecule has 3 aromatic rings. The third kappa shape index (κ3) is 2.24. The summed E-state index contributed by atoms with van der Waals surface area (Å²) in [7, 11) is 0. The van der Waals surface area contributed by atoms with Crippen LogP contribution in [0, 0.1) is 6.92 Å². The molecule has 0 saturated heterocycles. The van der Waals surface area contributed by atoms with Crippen molar-refractivity contribution in [3.63, 3.8) is 0 Å². The van der Waals surface area contributed by atoms with E-state index in [-0.39, 0.29) is 0 Å². The summed E-state index contributed by atoms with van der Waals surface area (Å²) < 4.78 is 1.90. The van der Waals surface area contributed by atoms with Gasteiger partial charge in [-0.05, 0) is 43.0 Å². The molecule has 0 aliphatic carbocycles. The van der Waals surface area contributed by atoms with Crippen LogP contribution in [-0.4, -0.2) is 20.9 Å². The molecule has 0 atom stereocenters. The molecule has 0 unspecified atom stereocenters. The van der Waals surface area contributed by atoms with Gasteiger partial charge in [0, 0.05) is 16.7 Å². The molecule has 0 spiro atoms. The number of aldehydes is 1. The van der Waals surface area contributed by atoms with Gasteiger partial charge in [0.15, 0.2) is 17.1 Å². The Bertz CT molecular complexity index is 751. The largest absolute Gasteiger partial charge is 0.298 e. The Morgan fingerprint density at radius 3 is 2.95 bits per heavy atom. The van der Waals surface area contributed by atoms with Gasteiger partial charge in [0.05, 0.1) is 0 Å². The lowest BCUT2D eigenvalue weighted by Crippen LogP contribution is -1.90. The molecule has 2 heterocycles. The lowest BCUT2D eigenvalue weighted by Gasteiger charge is -2.04. The maximum Gasteiger partial charge on any atom is 0.200 e. The first kappa shape index (κ1) is 11.9. The summed E-state index contributed by atoms with van der Waals surface area (Å²) in [6.07, 6.45) is 2.78. The summed E-state index contributed by atoms with van der Waals surface area (Å²) >= 11 is 1.44. The highest BCUT2D eigenvalue weighted by atomic mass is 32.2. The van der Waals surface area contributed by atoms with Crippen molar-refractivity contribution in [1.82, 2.24) is 14.6 Å². The minimum Gasteiger partial charge on any atom is -0.298 e. The van der Waals surface area contributed by atoms with Gasteiger partial charge >= 0.3 is 0 Å². The van der Waals surface area contributed by atoms with Gasteiger partial charge < -0.3 is 0 Å². The molecule has 3 rings (SSSR count). The number of pyridine rings is 1. The van der Waals surface area contributed by atoms with Gasteiger partial charge in [0.25, 0.3) is 0 Å². The second-order valence-electron chi connectivity index (χ2n) is 4.17. The molecule has 0 aliphatic heterocycles. The van der Waals surface area contributed by atoms with E-state index in [2.05, 4.69) is 10.2 Å². The predicted molar refractivity (Wildman–Crippen MR) is 73.7 cm³/mol. The van der Waals surface area contributed by atoms with E-state index in [1.54, 1.807) is 0 Å². The summed E-state index contributed by atoms with van der Waals surface area (Å²) in [5.74, 6) is 0. The van der Waals surface area contributed by atoms with Crippen molar-refractivity contribution in [3.05, 3.63) is 53.7 Å². The van der Waals surface area contributed by atoms with E-state index in [9.17, 15) is 4.79 Å². The van der Waals surface area contributed by atoms with Crippen molar-refractivity contribution < 1.29 is 4.79 Å². The minimum absolute atomic E-state index is 0.678. The fourth-order valence-electron chi connectivity index (χ4n) is 1.84. The number of aryl methyl sites for hydroxylation is 1. The van der Waals surface area contributed by atoms with Crippen LogP contribution in [-0.2, 0) is 0 Å². The highest BCUT2D eigenvalue weighted by Crippen LogP contribution is 2.29. The standard InChI is InChI=1S/C14H11N3OS/c1-10-5-6-12(11(8-10)9-18)19-14-16-15-13-4-2-3-7-17(13)14/h2-9H,1H3. The topological polar surface area (TPSA) is 47.3 Å². The number of fused-ring (bicyclic) bond motifs is 1. The number of hydrogen-bond donors (Lipinski definition) is 0. The second-order valence-corrected chi connectivity index (χ2v) is 5.18. The van der Waals surface area contributed by atoms with Crippen molar-refractivity contribution in [2.45, 2.75) is 17.0 Å². The highest BCUT2D eigenvalue weighted by Gasteiger charge is 2.09. The molecular formula is C14H11N3OS. The zero-order valence-corrected chi connectivity index (χ0v) is 11.1. The Labute approximate surface area is 114 Å². The van der Waals surface area contributed by atoms with E-state index in [1.807, 2.05) is 53.9 Å². The molecule has 4 nitrogen and oxygen atoms in total. The predicted octanol–water partition coefficient (Wildman–Crippen LogP) is 3.00. The lowest BCUT2D eigenvalue weighted by atomic mass is 10.2. The van der Waals surface area contributed by atoms with Crippen LogP contribution >= 0.6 is 11.8 Å². The van der Waals surface area contributed by atoms with E-state index in [4.69, 9.17) is 0 Å². The third-order valence-electron chi connectivity index (χ3n) is 2.78. The Kier molecular flexibility index (Phi) is 3.05. The van der Waals surface area contributed by atoms with Gasteiger partial charge in [-0.15, -0.1) is 10.2 Å². The first-order valence-corrected chi connectivity index (χ1v) is 6.63. The van der Waals surface area contributed by atoms with Crippen LogP contribution in [0.4, 0.5) is 0 Å². The molecule has 19 heavy (non-hydrogen) atoms. The number of nitrogens with zero attached hydrogens (tertiary/aromatic N) is 3. The van der Waals surface area contributed by atoms with Crippen molar-refractivity contribution in [2.75, 3.05) is 0 Å². The number of hydrogen-bond acceptors (Lipinski definition) is 4. The van der Waals surface area contributed by atoms with Crippen molar-refractivity contribution in [2.24, 2.45) is 0 Å². The summed E-state index contributed by atoms with van der Waals surface area (Å²) in [6, 6.07) is 11.5. The van der Waals surface area contributed by atoms with E-state index >= 15 is 0 Å². The van der Waals surface area contributed by atoms with Crippen LogP contribution in [0.2, 0.25) is 0 Å². The molecule has 0 amide bonds. The first-order chi connectivity index (χ1) is 9.28. The van der Waals surface area contributed by atoms with Crippen molar-refractivity contribution in [3.8, 4) is 0 Å². The van der Waals surface area contributed by atoms with Crippen LogP contribution in [0.15, 0.2) is 52.6 Å². The van der Waals surface area contributed by atoms with E-state index in [1.165, 1.54) is 11.8 Å². The van der Waals surface area contributed by atoms with Gasteiger partial charge in [-0.1, -0.05) is 17.7 Å². The van der Waals surface area contributed by atoms with E-state index < -0.39 is 0 Å². The normalized spacial score (nSPS) is 10.8. The van der Waals surface area contributed by atoms with Crippen LogP contribution in [0.25, 0.3) is 5.65 Å². The molecular weight excluding hydrogens is 258 g/mol. The monoisotopic (exact) mass is 269 g/mol. The molecule has 0 radical (unpaired) electrons. The molecule has 94 valence electrons. The number of carbonyl (C=O) groups is 1. The fraction of sp³-hybridized carbons (Fsp3) is 0.0714. The smallest absolute Gasteiger partial charge is 0.200 e. The Balaban J connectivity index is 2.03. The maximum absolute atomic E-state index is 11.1. The van der Waals surface area contributed by atoms with Crippen molar-refractivity contribution in [1.29, 1.82) is 0 Å². The summed E-state index contributed by atoms with van der Waals surface area (Å²) in [5, 5.41) is 8.99. The van der Waals surface area contributed by atoms with Crippen molar-refractivity contribution >= 4 is 23.7 Å². The Morgan fingerprint density at radius 2 is 2.11 bits per heavy atom. The molecule has 5 heteroatoms. The third-order valence-corrected chi connectivity index (χ3v) is 3.83. The number of aromatic nitrogens is 3. The van der Waals surface area contributed by atoms with Gasteiger partial charge in [-0.2, -0.15) is 0 Å². The fourth-order valence-corrected chi connectivity index (χ4v) is 2.73. The molecule has 1 aromatic carbocycles. The Morgan fingerprint density at radius 1 is 1.21 bits per heavy atom. The number of rotatable bonds is 3. The average molecular weight is 269 g/mol. The van der Waals surface area contributed by atoms with Crippen LogP contribution in [0.5, 0.6) is 0 Å². The molecule has 0 aliphatic rings. The molecule has 0 saturated carbocycles. The van der Waals surface area contributed by atoms with Gasteiger partial charge in [0.2, 0.25) is 0 Å². The summed E-state index contributed by atoms with van der Waals surface area (Å²) in [4.78, 5) is 12.0. The molecule has 0 fully saturated rings. The lowest BCUT2D eigenvalue weighted by molar-refractivity contribution is 0.112. The first-order valence-electron chi connectivity index (χ1n) is 5.81. The summed E-state index contributed by atoms with van der Waals surface area (Å²) in [6.45, 7) is 1.97. The van der Waals surface area contributed by atoms with Crippen LogP contribution < -0.4 is 0 Å². The Hall–Kier alpha value is -2.14. The molecule has 0 bridgehead atoms. The van der Waals surface area contributed by atoms with Gasteiger partial charge in [-0.25, -0.2) is 0 Å². The second kappa shape index (κ2) is 4.85. The van der Waals surface area contributed by atoms with Gasteiger partial charge in [-0.3, -0.25) is 9.20 Å². The highest BCUT2D eigenvalue weighted by molar-refractivity contribution is 7.99. The minimum atomic E-state index is 0.678. The SMILES string of the molecule is Cc1ccc(Sc2nnc3ccccn23)c(C=O)c1. The number of benzene rings is 1. The van der Waals surface area contributed by atoms with Gasteiger partial charge in [0.1, 0.15) is 0 Å². The zero-order chi connectivity index (χ0) is 13.2. The molecule has 0 N–H and O–H groups in total. The van der Waals surface area contributed by atoms with E-state index in [0.717, 1.165) is 27.5 Å². The summed E-state index contributed by atoms with van der Waals surface area (Å²) in [5.41, 5.74) is 2.54.